The first-order valence-electron chi connectivity index (χ1n) is 7.02. The van der Waals surface area contributed by atoms with E-state index in [2.05, 4.69) is 24.0 Å². The van der Waals surface area contributed by atoms with Crippen molar-refractivity contribution < 1.29 is 17.7 Å². The van der Waals surface area contributed by atoms with E-state index in [1.54, 1.807) is 11.8 Å². The lowest BCUT2D eigenvalue weighted by Crippen LogP contribution is -2.45. The second kappa shape index (κ2) is 6.13. The highest BCUT2D eigenvalue weighted by Gasteiger charge is 2.29. The van der Waals surface area contributed by atoms with Crippen molar-refractivity contribution in [2.45, 2.75) is 32.9 Å². The maximum absolute atomic E-state index is 12.2. The average molecular weight is 315 g/mol. The lowest BCUT2D eigenvalue weighted by molar-refractivity contribution is -0.131. The summed E-state index contributed by atoms with van der Waals surface area (Å²) in [5, 5.41) is 3.54. The Morgan fingerprint density at radius 3 is 2.48 bits per heavy atom. The quantitative estimate of drug-likeness (QED) is 0.816. The number of likely N-dealkylation sites (tertiary alicyclic amines) is 1. The molecule has 1 amide bonds. The van der Waals surface area contributed by atoms with Crippen LogP contribution in [0.15, 0.2) is 4.52 Å². The summed E-state index contributed by atoms with van der Waals surface area (Å²) in [5.41, 5.74) is 0. The van der Waals surface area contributed by atoms with Gasteiger partial charge in [-0.15, -0.1) is 0 Å². The second-order valence-corrected chi connectivity index (χ2v) is 8.08. The molecule has 2 atom stereocenters. The fourth-order valence-corrected chi connectivity index (χ4v) is 3.94. The molecule has 1 aromatic rings. The van der Waals surface area contributed by atoms with Crippen LogP contribution in [0.25, 0.3) is 0 Å². The van der Waals surface area contributed by atoms with Gasteiger partial charge in [0.1, 0.15) is 11.5 Å². The topological polar surface area (TPSA) is 93.4 Å². The summed E-state index contributed by atoms with van der Waals surface area (Å²) in [4.78, 5) is 17.7. The van der Waals surface area contributed by atoms with Crippen LogP contribution in [0.3, 0.4) is 0 Å². The van der Waals surface area contributed by atoms with Gasteiger partial charge in [0, 0.05) is 13.1 Å². The predicted molar refractivity (Wildman–Crippen MR) is 76.1 cm³/mol. The molecule has 2 rings (SSSR count). The van der Waals surface area contributed by atoms with Gasteiger partial charge in [0.2, 0.25) is 11.8 Å². The van der Waals surface area contributed by atoms with Crippen LogP contribution in [-0.2, 0) is 20.4 Å². The minimum Gasteiger partial charge on any atom is -0.341 e. The number of aromatic nitrogens is 2. The summed E-state index contributed by atoms with van der Waals surface area (Å²) >= 11 is 0. The molecule has 7 nitrogen and oxygen atoms in total. The molecule has 1 aliphatic heterocycles. The van der Waals surface area contributed by atoms with Crippen LogP contribution in [0.2, 0.25) is 0 Å². The fourth-order valence-electron chi connectivity index (χ4n) is 2.78. The molecular formula is C13H21N3O4S. The first-order valence-corrected chi connectivity index (χ1v) is 8.84. The zero-order chi connectivity index (χ0) is 15.6. The number of nitrogens with zero attached hydrogens (tertiary/aromatic N) is 3. The number of piperidine rings is 1. The van der Waals surface area contributed by atoms with E-state index in [4.69, 9.17) is 4.52 Å². The number of aryl methyl sites for hydroxylation is 1. The summed E-state index contributed by atoms with van der Waals surface area (Å²) < 4.78 is 28.9. The zero-order valence-corrected chi connectivity index (χ0v) is 13.4. The van der Waals surface area contributed by atoms with Crippen molar-refractivity contribution in [1.82, 2.24) is 15.0 Å². The van der Waals surface area contributed by atoms with Crippen LogP contribution in [0.1, 0.15) is 32.0 Å². The van der Waals surface area contributed by atoms with Gasteiger partial charge in [0.05, 0.1) is 0 Å². The Balaban J connectivity index is 1.97. The van der Waals surface area contributed by atoms with Crippen LogP contribution in [0.4, 0.5) is 0 Å². The fraction of sp³-hybridized carbons (Fsp3) is 0.769. The largest absolute Gasteiger partial charge is 0.341 e. The van der Waals surface area contributed by atoms with Gasteiger partial charge in [-0.25, -0.2) is 8.42 Å². The van der Waals surface area contributed by atoms with Gasteiger partial charge in [-0.2, -0.15) is 4.98 Å². The Labute approximate surface area is 124 Å². The molecule has 1 aromatic heterocycles. The first kappa shape index (κ1) is 15.9. The van der Waals surface area contributed by atoms with Crippen molar-refractivity contribution in [3.8, 4) is 0 Å². The molecule has 1 aliphatic rings. The third-order valence-corrected chi connectivity index (χ3v) is 4.85. The van der Waals surface area contributed by atoms with Crippen molar-refractivity contribution >= 4 is 15.7 Å². The molecule has 1 fully saturated rings. The molecule has 0 N–H and O–H groups in total. The molecule has 0 unspecified atom stereocenters. The van der Waals surface area contributed by atoms with Gasteiger partial charge in [0.15, 0.2) is 15.7 Å². The maximum atomic E-state index is 12.2. The third kappa shape index (κ3) is 4.52. The second-order valence-electron chi connectivity index (χ2n) is 6.01. The molecule has 0 spiro atoms. The van der Waals surface area contributed by atoms with E-state index in [0.29, 0.717) is 30.7 Å². The SMILES string of the molecule is Cc1noc(CS(=O)(=O)CC(=O)N2C[C@H](C)C[C@@H](C)C2)n1. The summed E-state index contributed by atoms with van der Waals surface area (Å²) in [5.74, 6) is -0.0274. The van der Waals surface area contributed by atoms with Gasteiger partial charge >= 0.3 is 0 Å². The van der Waals surface area contributed by atoms with Crippen LogP contribution in [0.5, 0.6) is 0 Å². The van der Waals surface area contributed by atoms with Gasteiger partial charge in [-0.1, -0.05) is 19.0 Å². The van der Waals surface area contributed by atoms with Crippen LogP contribution in [-0.4, -0.2) is 48.2 Å². The Kier molecular flexibility index (Phi) is 4.65. The maximum Gasteiger partial charge on any atom is 0.241 e. The van der Waals surface area contributed by atoms with E-state index in [9.17, 15) is 13.2 Å². The minimum atomic E-state index is -3.59. The van der Waals surface area contributed by atoms with E-state index in [-0.39, 0.29) is 11.8 Å². The highest BCUT2D eigenvalue weighted by atomic mass is 32.2. The molecule has 21 heavy (non-hydrogen) atoms. The highest BCUT2D eigenvalue weighted by molar-refractivity contribution is 7.91. The van der Waals surface area contributed by atoms with E-state index >= 15 is 0 Å². The molecule has 0 aromatic carbocycles. The van der Waals surface area contributed by atoms with Crippen LogP contribution in [0, 0.1) is 18.8 Å². The summed E-state index contributed by atoms with van der Waals surface area (Å²) in [6.45, 7) is 7.01. The van der Waals surface area contributed by atoms with E-state index < -0.39 is 21.3 Å². The number of hydrogen-bond donors (Lipinski definition) is 0. The molecule has 0 bridgehead atoms. The lowest BCUT2D eigenvalue weighted by atomic mass is 9.92. The van der Waals surface area contributed by atoms with E-state index in [1.165, 1.54) is 0 Å². The molecular weight excluding hydrogens is 294 g/mol. The van der Waals surface area contributed by atoms with Crippen molar-refractivity contribution in [3.05, 3.63) is 11.7 Å². The molecule has 2 heterocycles. The molecule has 0 radical (unpaired) electrons. The van der Waals surface area contributed by atoms with Crippen molar-refractivity contribution in [2.75, 3.05) is 18.8 Å². The summed E-state index contributed by atoms with van der Waals surface area (Å²) in [6, 6.07) is 0. The summed E-state index contributed by atoms with van der Waals surface area (Å²) in [7, 11) is -3.59. The lowest BCUT2D eigenvalue weighted by Gasteiger charge is -2.34. The Hall–Kier alpha value is -1.44. The monoisotopic (exact) mass is 315 g/mol. The first-order chi connectivity index (χ1) is 9.75. The van der Waals surface area contributed by atoms with Gasteiger partial charge in [-0.05, 0) is 25.2 Å². The number of hydrogen-bond acceptors (Lipinski definition) is 6. The molecule has 118 valence electrons. The minimum absolute atomic E-state index is 0.0284. The Morgan fingerprint density at radius 2 is 1.95 bits per heavy atom. The molecule has 0 saturated carbocycles. The normalized spacial score (nSPS) is 23.3. The summed E-state index contributed by atoms with van der Waals surface area (Å²) in [6.07, 6.45) is 1.07. The molecule has 0 aliphatic carbocycles. The predicted octanol–water partition coefficient (Wildman–Crippen LogP) is 0.797. The number of carbonyl (C=O) groups excluding carboxylic acids is 1. The van der Waals surface area contributed by atoms with Crippen molar-refractivity contribution in [1.29, 1.82) is 0 Å². The number of carbonyl (C=O) groups is 1. The smallest absolute Gasteiger partial charge is 0.241 e. The zero-order valence-electron chi connectivity index (χ0n) is 12.6. The van der Waals surface area contributed by atoms with Crippen molar-refractivity contribution in [3.63, 3.8) is 0 Å². The van der Waals surface area contributed by atoms with E-state index in [1.807, 2.05) is 0 Å². The van der Waals surface area contributed by atoms with Crippen molar-refractivity contribution in [2.24, 2.45) is 11.8 Å². The van der Waals surface area contributed by atoms with Crippen LogP contribution < -0.4 is 0 Å². The Morgan fingerprint density at radius 1 is 1.33 bits per heavy atom. The Bertz CT molecular complexity index is 601. The van der Waals surface area contributed by atoms with E-state index in [0.717, 1.165) is 6.42 Å². The highest BCUT2D eigenvalue weighted by Crippen LogP contribution is 2.21. The van der Waals surface area contributed by atoms with Gasteiger partial charge < -0.3 is 9.42 Å². The standard InChI is InChI=1S/C13H21N3O4S/c1-9-4-10(2)6-16(5-9)13(17)8-21(18,19)7-12-14-11(3)15-20-12/h9-10H,4-8H2,1-3H3/t9-,10-/m1/s1. The molecule has 1 saturated heterocycles. The number of rotatable bonds is 4. The molecule has 8 heteroatoms. The average Bonchev–Trinajstić information content (AvgIpc) is 2.71. The number of sulfone groups is 1. The third-order valence-electron chi connectivity index (χ3n) is 3.48. The number of amides is 1. The van der Waals surface area contributed by atoms with Crippen LogP contribution >= 0.6 is 0 Å². The van der Waals surface area contributed by atoms with Gasteiger partial charge in [0.25, 0.3) is 0 Å². The van der Waals surface area contributed by atoms with Gasteiger partial charge in [-0.3, -0.25) is 4.79 Å².